The maximum absolute atomic E-state index is 11.1. The van der Waals surface area contributed by atoms with Crippen LogP contribution in [0.2, 0.25) is 0 Å². The summed E-state index contributed by atoms with van der Waals surface area (Å²) in [6.45, 7) is 4.81. The number of aromatic amines is 1. The molecule has 0 aliphatic rings. The van der Waals surface area contributed by atoms with Crippen molar-refractivity contribution in [3.8, 4) is 17.4 Å². The van der Waals surface area contributed by atoms with Crippen molar-refractivity contribution in [2.24, 2.45) is 10.7 Å². The van der Waals surface area contributed by atoms with E-state index in [9.17, 15) is 9.90 Å². The molecule has 1 amide bonds. The summed E-state index contributed by atoms with van der Waals surface area (Å²) in [5, 5.41) is 11.8. The van der Waals surface area contributed by atoms with E-state index in [1.807, 2.05) is 80.6 Å². The molecule has 0 unspecified atom stereocenters. The molecular formula is C28H29N3O4. The van der Waals surface area contributed by atoms with Crippen LogP contribution in [0.3, 0.4) is 0 Å². The Morgan fingerprint density at radius 1 is 0.971 bits per heavy atom. The quantitative estimate of drug-likeness (QED) is 0.274. The monoisotopic (exact) mass is 471 g/mol. The maximum Gasteiger partial charge on any atom is 0.217 e. The largest absolute Gasteiger partial charge is 0.494 e. The molecule has 0 fully saturated rings. The Hall–Kier alpha value is -4.26. The number of aliphatic imine (C=N–C) groups is 1. The van der Waals surface area contributed by atoms with Gasteiger partial charge in [0.05, 0.1) is 35.7 Å². The number of aromatic nitrogens is 1. The number of nitrogens with two attached hydrogens (primary N) is 1. The van der Waals surface area contributed by atoms with E-state index in [1.165, 1.54) is 0 Å². The average molecular weight is 472 g/mol. The molecule has 0 saturated carbocycles. The van der Waals surface area contributed by atoms with Gasteiger partial charge in [-0.25, -0.2) is 4.99 Å². The molecule has 35 heavy (non-hydrogen) atoms. The lowest BCUT2D eigenvalue weighted by atomic mass is 10.0. The van der Waals surface area contributed by atoms with E-state index in [4.69, 9.17) is 20.2 Å². The van der Waals surface area contributed by atoms with Crippen molar-refractivity contribution in [3.05, 3.63) is 83.4 Å². The van der Waals surface area contributed by atoms with Gasteiger partial charge < -0.3 is 25.3 Å². The first-order chi connectivity index (χ1) is 17.0. The van der Waals surface area contributed by atoms with E-state index >= 15 is 0 Å². The molecule has 4 aromatic rings. The van der Waals surface area contributed by atoms with Crippen LogP contribution in [0.1, 0.15) is 37.0 Å². The highest BCUT2D eigenvalue weighted by Crippen LogP contribution is 2.38. The Bertz CT molecular complexity index is 1340. The number of H-pyrrole nitrogens is 1. The van der Waals surface area contributed by atoms with Gasteiger partial charge in [-0.2, -0.15) is 0 Å². The minimum Gasteiger partial charge on any atom is -0.494 e. The molecule has 7 heteroatoms. The molecule has 0 spiro atoms. The van der Waals surface area contributed by atoms with Crippen LogP contribution in [0.25, 0.3) is 10.9 Å². The molecule has 1 heterocycles. The normalized spacial score (nSPS) is 11.5. The van der Waals surface area contributed by atoms with E-state index in [-0.39, 0.29) is 11.8 Å². The third-order valence-electron chi connectivity index (χ3n) is 5.56. The number of nitrogens with zero attached hydrogens (tertiary/aromatic N) is 1. The SMILES string of the molecule is CCOc1cc2[nH]c(O)c(C(=Nc3ccc(CCC(N)=O)cc3)c3ccccc3)c2cc1OCC. The number of nitrogens with one attached hydrogen (secondary N) is 1. The Morgan fingerprint density at radius 2 is 1.63 bits per heavy atom. The summed E-state index contributed by atoms with van der Waals surface area (Å²) in [5.74, 6) is 0.900. The van der Waals surface area contributed by atoms with E-state index in [2.05, 4.69) is 4.98 Å². The first-order valence-corrected chi connectivity index (χ1v) is 11.7. The highest BCUT2D eigenvalue weighted by atomic mass is 16.5. The summed E-state index contributed by atoms with van der Waals surface area (Å²) >= 11 is 0. The number of hydrogen-bond donors (Lipinski definition) is 3. The third-order valence-corrected chi connectivity index (χ3v) is 5.56. The molecular weight excluding hydrogens is 442 g/mol. The summed E-state index contributed by atoms with van der Waals surface area (Å²) in [4.78, 5) is 19.1. The molecule has 0 saturated heterocycles. The van der Waals surface area contributed by atoms with E-state index < -0.39 is 0 Å². The highest BCUT2D eigenvalue weighted by molar-refractivity contribution is 6.22. The number of benzene rings is 3. The second kappa shape index (κ2) is 10.8. The standard InChI is InChI=1S/C28H29N3O4/c1-3-34-23-16-21-22(17-24(23)35-4-2)31-28(33)26(21)27(19-8-6-5-7-9-19)30-20-13-10-18(11-14-20)12-15-25(29)32/h5-11,13-14,16-17,31,33H,3-4,12,15H2,1-2H3,(H2,29,32). The van der Waals surface area contributed by atoms with Crippen LogP contribution in [0.4, 0.5) is 5.69 Å². The fraction of sp³-hybridized carbons (Fsp3) is 0.214. The number of aromatic hydroxyl groups is 1. The zero-order valence-electron chi connectivity index (χ0n) is 19.9. The van der Waals surface area contributed by atoms with Crippen LogP contribution in [0.15, 0.2) is 71.7 Å². The van der Waals surface area contributed by atoms with Gasteiger partial charge in [-0.3, -0.25) is 4.79 Å². The predicted octanol–water partition coefficient (Wildman–Crippen LogP) is 5.26. The molecule has 0 aliphatic heterocycles. The lowest BCUT2D eigenvalue weighted by molar-refractivity contribution is -0.117. The second-order valence-electron chi connectivity index (χ2n) is 8.02. The van der Waals surface area contributed by atoms with Gasteiger partial charge in [-0.15, -0.1) is 0 Å². The number of carbonyl (C=O) groups excluding carboxylic acids is 1. The number of primary amides is 1. The predicted molar refractivity (Wildman–Crippen MR) is 138 cm³/mol. The van der Waals surface area contributed by atoms with Crippen LogP contribution in [0.5, 0.6) is 17.4 Å². The molecule has 0 bridgehead atoms. The zero-order chi connectivity index (χ0) is 24.8. The Morgan fingerprint density at radius 3 is 2.26 bits per heavy atom. The second-order valence-corrected chi connectivity index (χ2v) is 8.02. The number of hydrogen-bond acceptors (Lipinski definition) is 5. The molecule has 4 rings (SSSR count). The minimum absolute atomic E-state index is 0.0109. The summed E-state index contributed by atoms with van der Waals surface area (Å²) in [6, 6.07) is 21.1. The number of amides is 1. The van der Waals surface area contributed by atoms with Gasteiger partial charge in [-0.05, 0) is 44.0 Å². The van der Waals surface area contributed by atoms with Crippen molar-refractivity contribution in [1.29, 1.82) is 0 Å². The van der Waals surface area contributed by atoms with Crippen LogP contribution in [-0.4, -0.2) is 34.9 Å². The summed E-state index contributed by atoms with van der Waals surface area (Å²) in [5.41, 5.74) is 9.75. The molecule has 0 atom stereocenters. The Labute approximate surface area is 204 Å². The van der Waals surface area contributed by atoms with Crippen molar-refractivity contribution in [2.45, 2.75) is 26.7 Å². The maximum atomic E-state index is 11.1. The lowest BCUT2D eigenvalue weighted by Crippen LogP contribution is -2.11. The Balaban J connectivity index is 1.84. The van der Waals surface area contributed by atoms with Crippen molar-refractivity contribution in [3.63, 3.8) is 0 Å². The topological polar surface area (TPSA) is 110 Å². The van der Waals surface area contributed by atoms with Crippen molar-refractivity contribution < 1.29 is 19.4 Å². The lowest BCUT2D eigenvalue weighted by Gasteiger charge is -2.12. The molecule has 0 radical (unpaired) electrons. The molecule has 1 aromatic heterocycles. The first kappa shape index (κ1) is 23.9. The van der Waals surface area contributed by atoms with Gasteiger partial charge in [0, 0.05) is 23.4 Å². The fourth-order valence-electron chi connectivity index (χ4n) is 3.96. The van der Waals surface area contributed by atoms with Gasteiger partial charge in [0.1, 0.15) is 0 Å². The smallest absolute Gasteiger partial charge is 0.217 e. The van der Waals surface area contributed by atoms with Gasteiger partial charge in [0.25, 0.3) is 0 Å². The van der Waals surface area contributed by atoms with Gasteiger partial charge in [-0.1, -0.05) is 42.5 Å². The summed E-state index contributed by atoms with van der Waals surface area (Å²) in [6.07, 6.45) is 0.878. The number of rotatable bonds is 10. The van der Waals surface area contributed by atoms with Crippen molar-refractivity contribution >= 4 is 28.2 Å². The van der Waals surface area contributed by atoms with Gasteiger partial charge in [0.15, 0.2) is 17.4 Å². The van der Waals surface area contributed by atoms with Crippen LogP contribution in [0, 0.1) is 0 Å². The molecule has 180 valence electrons. The Kier molecular flexibility index (Phi) is 7.35. The van der Waals surface area contributed by atoms with Gasteiger partial charge in [0.2, 0.25) is 5.91 Å². The highest BCUT2D eigenvalue weighted by Gasteiger charge is 2.21. The number of carbonyl (C=O) groups is 1. The van der Waals surface area contributed by atoms with Crippen LogP contribution in [-0.2, 0) is 11.2 Å². The van der Waals surface area contributed by atoms with E-state index in [0.717, 1.165) is 27.7 Å². The molecule has 4 N–H and O–H groups in total. The van der Waals surface area contributed by atoms with E-state index in [1.54, 1.807) is 0 Å². The first-order valence-electron chi connectivity index (χ1n) is 11.7. The van der Waals surface area contributed by atoms with Crippen molar-refractivity contribution in [2.75, 3.05) is 13.2 Å². The van der Waals surface area contributed by atoms with Crippen molar-refractivity contribution in [1.82, 2.24) is 4.98 Å². The molecule has 7 nitrogen and oxygen atoms in total. The van der Waals surface area contributed by atoms with Crippen LogP contribution >= 0.6 is 0 Å². The molecule has 3 aromatic carbocycles. The number of aryl methyl sites for hydroxylation is 1. The molecule has 0 aliphatic carbocycles. The summed E-state index contributed by atoms with van der Waals surface area (Å²) < 4.78 is 11.6. The number of ether oxygens (including phenoxy) is 2. The summed E-state index contributed by atoms with van der Waals surface area (Å²) in [7, 11) is 0. The van der Waals surface area contributed by atoms with Gasteiger partial charge >= 0.3 is 0 Å². The third kappa shape index (κ3) is 5.46. The fourth-order valence-corrected chi connectivity index (χ4v) is 3.96. The van der Waals surface area contributed by atoms with Crippen LogP contribution < -0.4 is 15.2 Å². The number of fused-ring (bicyclic) bond motifs is 1. The van der Waals surface area contributed by atoms with E-state index in [0.29, 0.717) is 48.8 Å². The zero-order valence-corrected chi connectivity index (χ0v) is 19.9. The average Bonchev–Trinajstić information content (AvgIpc) is 3.17. The minimum atomic E-state index is -0.327.